The van der Waals surface area contributed by atoms with E-state index in [1.165, 1.54) is 36.4 Å². The van der Waals surface area contributed by atoms with Crippen LogP contribution in [0.5, 0.6) is 17.2 Å². The number of carbonyl (C=O) groups is 1. The lowest BCUT2D eigenvalue weighted by Gasteiger charge is -2.08. The number of aromatic carboxylic acids is 1. The van der Waals surface area contributed by atoms with Gasteiger partial charge in [-0.2, -0.15) is 15.3 Å². The van der Waals surface area contributed by atoms with Crippen LogP contribution in [0.25, 0.3) is 11.1 Å². The molecule has 0 spiro atoms. The van der Waals surface area contributed by atoms with Crippen LogP contribution < -0.4 is 0 Å². The van der Waals surface area contributed by atoms with E-state index in [1.807, 2.05) is 50.2 Å². The number of phenolic OH excluding ortho intramolecular Hbond substituents is 2. The molecular formula is C27H22N4O5. The monoisotopic (exact) mass is 482 g/mol. The largest absolute Gasteiger partial charge is 0.508 e. The quantitative estimate of drug-likeness (QED) is 0.209. The number of hydrogen-bond donors (Lipinski definition) is 4. The summed E-state index contributed by atoms with van der Waals surface area (Å²) in [6, 6.07) is 19.6. The molecule has 0 fully saturated rings. The van der Waals surface area contributed by atoms with Crippen LogP contribution in [0.2, 0.25) is 0 Å². The Balaban J connectivity index is 1.52. The number of carboxylic acid groups (broad SMARTS) is 1. The summed E-state index contributed by atoms with van der Waals surface area (Å²) in [6.45, 7) is 3.82. The van der Waals surface area contributed by atoms with Gasteiger partial charge in [-0.05, 0) is 84.6 Å². The molecule has 0 aliphatic rings. The zero-order chi connectivity index (χ0) is 25.8. The third-order valence-electron chi connectivity index (χ3n) is 5.44. The van der Waals surface area contributed by atoms with Gasteiger partial charge in [0.15, 0.2) is 0 Å². The summed E-state index contributed by atoms with van der Waals surface area (Å²) in [5.74, 6) is -1.80. The Morgan fingerprint density at radius 3 is 1.69 bits per heavy atom. The van der Waals surface area contributed by atoms with Gasteiger partial charge in [-0.3, -0.25) is 0 Å². The molecular weight excluding hydrogens is 460 g/mol. The highest BCUT2D eigenvalue weighted by Crippen LogP contribution is 2.34. The topological polar surface area (TPSA) is 147 Å². The molecule has 0 saturated carbocycles. The van der Waals surface area contributed by atoms with Crippen LogP contribution in [0.15, 0.2) is 93.3 Å². The fourth-order valence-corrected chi connectivity index (χ4v) is 3.47. The molecule has 180 valence electrons. The molecule has 0 amide bonds. The van der Waals surface area contributed by atoms with Gasteiger partial charge in [-0.25, -0.2) is 4.79 Å². The van der Waals surface area contributed by atoms with Crippen LogP contribution in [-0.2, 0) is 0 Å². The van der Waals surface area contributed by atoms with E-state index in [0.29, 0.717) is 17.1 Å². The van der Waals surface area contributed by atoms with Crippen molar-refractivity contribution in [2.75, 3.05) is 0 Å². The third-order valence-corrected chi connectivity index (χ3v) is 5.44. The predicted octanol–water partition coefficient (Wildman–Crippen LogP) is 7.62. The van der Waals surface area contributed by atoms with Gasteiger partial charge in [0.25, 0.3) is 0 Å². The molecule has 0 aromatic heterocycles. The van der Waals surface area contributed by atoms with Crippen molar-refractivity contribution in [1.82, 2.24) is 0 Å². The molecule has 0 unspecified atom stereocenters. The Labute approximate surface area is 206 Å². The second kappa shape index (κ2) is 10.1. The Bertz CT molecular complexity index is 1530. The van der Waals surface area contributed by atoms with E-state index in [0.717, 1.165) is 22.3 Å². The smallest absolute Gasteiger partial charge is 0.339 e. The maximum Gasteiger partial charge on any atom is 0.339 e. The van der Waals surface area contributed by atoms with Gasteiger partial charge in [-0.15, -0.1) is 5.11 Å². The molecule has 4 aromatic carbocycles. The molecule has 0 aliphatic heterocycles. The maximum atomic E-state index is 11.0. The average molecular weight is 482 g/mol. The molecule has 36 heavy (non-hydrogen) atoms. The number of azo groups is 2. The zero-order valence-corrected chi connectivity index (χ0v) is 19.4. The molecule has 0 bridgehead atoms. The second-order valence-electron chi connectivity index (χ2n) is 8.08. The van der Waals surface area contributed by atoms with Crippen molar-refractivity contribution in [3.8, 4) is 28.4 Å². The fraction of sp³-hybridized carbons (Fsp3) is 0.0741. The van der Waals surface area contributed by atoms with Crippen molar-refractivity contribution < 1.29 is 25.2 Å². The van der Waals surface area contributed by atoms with Gasteiger partial charge < -0.3 is 20.4 Å². The van der Waals surface area contributed by atoms with Crippen LogP contribution in [0.3, 0.4) is 0 Å². The highest BCUT2D eigenvalue weighted by Gasteiger charge is 2.10. The summed E-state index contributed by atoms with van der Waals surface area (Å²) in [5.41, 5.74) is 5.38. The molecule has 4 aromatic rings. The summed E-state index contributed by atoms with van der Waals surface area (Å²) >= 11 is 0. The maximum absolute atomic E-state index is 11.0. The molecule has 4 rings (SSSR count). The van der Waals surface area contributed by atoms with E-state index in [-0.39, 0.29) is 28.5 Å². The van der Waals surface area contributed by atoms with E-state index < -0.39 is 5.97 Å². The first-order chi connectivity index (χ1) is 17.2. The highest BCUT2D eigenvalue weighted by atomic mass is 16.4. The number of benzene rings is 4. The number of carboxylic acids is 1. The SMILES string of the molecule is Cc1cc(-c2ccc(N=Nc3ccc(O)cc3O)c(C)c2)ccc1N=Nc1ccc(C(=O)O)c(O)c1. The molecule has 0 heterocycles. The molecule has 4 N–H and O–H groups in total. The summed E-state index contributed by atoms with van der Waals surface area (Å²) in [6.07, 6.45) is 0. The lowest BCUT2D eigenvalue weighted by atomic mass is 10.0. The van der Waals surface area contributed by atoms with Gasteiger partial charge in [0.2, 0.25) is 0 Å². The van der Waals surface area contributed by atoms with Crippen molar-refractivity contribution in [3.05, 3.63) is 89.5 Å². The molecule has 0 saturated heterocycles. The van der Waals surface area contributed by atoms with E-state index in [2.05, 4.69) is 20.5 Å². The first-order valence-electron chi connectivity index (χ1n) is 10.8. The molecule has 0 aliphatic carbocycles. The van der Waals surface area contributed by atoms with Crippen LogP contribution >= 0.6 is 0 Å². The Kier molecular flexibility index (Phi) is 6.73. The Hall–Kier alpha value is -5.05. The number of rotatable bonds is 6. The Morgan fingerprint density at radius 2 is 1.17 bits per heavy atom. The lowest BCUT2D eigenvalue weighted by molar-refractivity contribution is 0.0693. The molecule has 9 nitrogen and oxygen atoms in total. The summed E-state index contributed by atoms with van der Waals surface area (Å²) < 4.78 is 0. The number of nitrogens with zero attached hydrogens (tertiary/aromatic N) is 4. The highest BCUT2D eigenvalue weighted by molar-refractivity contribution is 5.91. The van der Waals surface area contributed by atoms with Crippen molar-refractivity contribution in [2.45, 2.75) is 13.8 Å². The van der Waals surface area contributed by atoms with Crippen molar-refractivity contribution >= 4 is 28.7 Å². The number of aryl methyl sites for hydroxylation is 2. The van der Waals surface area contributed by atoms with E-state index >= 15 is 0 Å². The van der Waals surface area contributed by atoms with Crippen LogP contribution in [-0.4, -0.2) is 26.4 Å². The van der Waals surface area contributed by atoms with Gasteiger partial charge in [-0.1, -0.05) is 12.1 Å². The van der Waals surface area contributed by atoms with Crippen LogP contribution in [0, 0.1) is 13.8 Å². The fourth-order valence-electron chi connectivity index (χ4n) is 3.47. The van der Waals surface area contributed by atoms with Crippen molar-refractivity contribution in [2.24, 2.45) is 20.5 Å². The van der Waals surface area contributed by atoms with E-state index in [9.17, 15) is 20.1 Å². The van der Waals surface area contributed by atoms with Crippen molar-refractivity contribution in [3.63, 3.8) is 0 Å². The minimum Gasteiger partial charge on any atom is -0.508 e. The lowest BCUT2D eigenvalue weighted by Crippen LogP contribution is -1.95. The molecule has 0 atom stereocenters. The zero-order valence-electron chi connectivity index (χ0n) is 19.4. The molecule has 9 heteroatoms. The summed E-state index contributed by atoms with van der Waals surface area (Å²) in [5, 5.41) is 54.7. The average Bonchev–Trinajstić information content (AvgIpc) is 2.83. The van der Waals surface area contributed by atoms with Gasteiger partial charge >= 0.3 is 5.97 Å². The summed E-state index contributed by atoms with van der Waals surface area (Å²) in [4.78, 5) is 11.0. The normalized spacial score (nSPS) is 11.4. The van der Waals surface area contributed by atoms with E-state index in [1.54, 1.807) is 0 Å². The predicted molar refractivity (Wildman–Crippen MR) is 135 cm³/mol. The Morgan fingerprint density at radius 1 is 0.611 bits per heavy atom. The van der Waals surface area contributed by atoms with Crippen LogP contribution in [0.4, 0.5) is 22.7 Å². The van der Waals surface area contributed by atoms with Gasteiger partial charge in [0, 0.05) is 12.1 Å². The number of hydrogen-bond acceptors (Lipinski definition) is 8. The third kappa shape index (κ3) is 5.36. The van der Waals surface area contributed by atoms with Crippen molar-refractivity contribution in [1.29, 1.82) is 0 Å². The number of aromatic hydroxyl groups is 3. The van der Waals surface area contributed by atoms with E-state index in [4.69, 9.17) is 5.11 Å². The first-order valence-corrected chi connectivity index (χ1v) is 10.8. The summed E-state index contributed by atoms with van der Waals surface area (Å²) in [7, 11) is 0. The minimum atomic E-state index is -1.22. The standard InChI is InChI=1S/C27H22N4O5/c1-15-11-17(3-8-22(15)29-28-19-5-7-21(27(35)36)25(33)13-19)18-4-9-23(16(2)12-18)30-31-24-10-6-20(32)14-26(24)34/h3-14,32-34H,1-2H3,(H,35,36). The first kappa shape index (κ1) is 24.1. The number of phenols is 3. The molecule has 0 radical (unpaired) electrons. The van der Waals surface area contributed by atoms with Crippen LogP contribution in [0.1, 0.15) is 21.5 Å². The minimum absolute atomic E-state index is 0.0524. The second-order valence-corrected chi connectivity index (χ2v) is 8.08. The van der Waals surface area contributed by atoms with Gasteiger partial charge in [0.05, 0.1) is 17.1 Å². The van der Waals surface area contributed by atoms with Gasteiger partial charge in [0.1, 0.15) is 28.5 Å².